The van der Waals surface area contributed by atoms with Crippen LogP contribution in [0.15, 0.2) is 6.20 Å². The Kier molecular flexibility index (Phi) is 3.73. The fraction of sp³-hybridized carbons (Fsp3) is 0.300. The van der Waals surface area contributed by atoms with Crippen LogP contribution in [0.25, 0.3) is 0 Å². The third kappa shape index (κ3) is 2.06. The molecule has 0 saturated carbocycles. The second-order valence-corrected chi connectivity index (χ2v) is 2.82. The number of hydrogen-bond donors (Lipinski definition) is 0. The topological polar surface area (TPSA) is 69.7 Å². The predicted molar refractivity (Wildman–Crippen MR) is 49.8 cm³/mol. The number of ether oxygens (including phenoxy) is 1. The van der Waals surface area contributed by atoms with Gasteiger partial charge in [-0.1, -0.05) is 0 Å². The summed E-state index contributed by atoms with van der Waals surface area (Å²) < 4.78 is 30.0. The first-order valence-electron chi connectivity index (χ1n) is 4.26. The van der Waals surface area contributed by atoms with Crippen LogP contribution in [0.3, 0.4) is 0 Å². The highest BCUT2D eigenvalue weighted by atomic mass is 19.3. The van der Waals surface area contributed by atoms with Crippen molar-refractivity contribution in [2.45, 2.75) is 12.8 Å². The Bertz CT molecular complexity index is 474. The second-order valence-electron chi connectivity index (χ2n) is 2.82. The Morgan fingerprint density at radius 3 is 2.62 bits per heavy atom. The Morgan fingerprint density at radius 1 is 1.50 bits per heavy atom. The van der Waals surface area contributed by atoms with Crippen LogP contribution in [0.5, 0.6) is 5.88 Å². The van der Waals surface area contributed by atoms with Gasteiger partial charge >= 0.3 is 0 Å². The molecule has 0 N–H and O–H groups in total. The first kappa shape index (κ1) is 11.9. The fourth-order valence-electron chi connectivity index (χ4n) is 1.27. The molecule has 0 fully saturated rings. The highest BCUT2D eigenvalue weighted by Crippen LogP contribution is 2.29. The maximum Gasteiger partial charge on any atom is 0.265 e. The predicted octanol–water partition coefficient (Wildman–Crippen LogP) is 1.97. The molecule has 0 amide bonds. The van der Waals surface area contributed by atoms with Gasteiger partial charge in [0.15, 0.2) is 0 Å². The van der Waals surface area contributed by atoms with Crippen LogP contribution >= 0.6 is 0 Å². The minimum atomic E-state index is -2.77. The number of nitrogens with zero attached hydrogens (tertiary/aromatic N) is 3. The Balaban J connectivity index is 3.46. The number of hydrogen-bond acceptors (Lipinski definition) is 4. The van der Waals surface area contributed by atoms with Crippen molar-refractivity contribution in [3.8, 4) is 18.0 Å². The Hall–Kier alpha value is -2.21. The average Bonchev–Trinajstić information content (AvgIpc) is 2.28. The van der Waals surface area contributed by atoms with Gasteiger partial charge < -0.3 is 4.74 Å². The first-order valence-corrected chi connectivity index (χ1v) is 4.26. The van der Waals surface area contributed by atoms with Gasteiger partial charge in [-0.15, -0.1) is 0 Å². The molecule has 0 unspecified atom stereocenters. The van der Waals surface area contributed by atoms with E-state index in [1.165, 1.54) is 7.11 Å². The molecule has 0 spiro atoms. The lowest BCUT2D eigenvalue weighted by Gasteiger charge is -2.09. The average molecular weight is 223 g/mol. The lowest BCUT2D eigenvalue weighted by Crippen LogP contribution is -2.03. The highest BCUT2D eigenvalue weighted by molar-refractivity contribution is 5.49. The number of halogens is 2. The summed E-state index contributed by atoms with van der Waals surface area (Å²) in [6, 6.07) is 3.46. The maximum absolute atomic E-state index is 12.6. The van der Waals surface area contributed by atoms with Crippen LogP contribution in [0.4, 0.5) is 8.78 Å². The van der Waals surface area contributed by atoms with Crippen LogP contribution in [-0.2, 0) is 6.42 Å². The molecular weight excluding hydrogens is 216 g/mol. The summed E-state index contributed by atoms with van der Waals surface area (Å²) in [4.78, 5) is 3.60. The number of alkyl halides is 2. The van der Waals surface area contributed by atoms with Gasteiger partial charge in [0.25, 0.3) is 6.43 Å². The van der Waals surface area contributed by atoms with E-state index in [1.54, 1.807) is 12.1 Å². The van der Waals surface area contributed by atoms with Crippen LogP contribution in [0.1, 0.15) is 23.1 Å². The summed E-state index contributed by atoms with van der Waals surface area (Å²) >= 11 is 0. The molecule has 1 heterocycles. The lowest BCUT2D eigenvalue weighted by atomic mass is 10.0. The van der Waals surface area contributed by atoms with E-state index in [0.29, 0.717) is 0 Å². The van der Waals surface area contributed by atoms with Crippen LogP contribution < -0.4 is 4.74 Å². The molecule has 0 aromatic carbocycles. The quantitative estimate of drug-likeness (QED) is 0.785. The minimum Gasteiger partial charge on any atom is -0.480 e. The molecule has 1 aromatic heterocycles. The van der Waals surface area contributed by atoms with Crippen molar-refractivity contribution in [3.63, 3.8) is 0 Å². The lowest BCUT2D eigenvalue weighted by molar-refractivity contribution is 0.149. The molecule has 1 aromatic rings. The molecule has 0 aliphatic heterocycles. The molecule has 0 saturated heterocycles. The van der Waals surface area contributed by atoms with E-state index in [9.17, 15) is 8.78 Å². The van der Waals surface area contributed by atoms with E-state index < -0.39 is 12.0 Å². The van der Waals surface area contributed by atoms with Gasteiger partial charge in [0.1, 0.15) is 11.6 Å². The summed E-state index contributed by atoms with van der Waals surface area (Å²) in [5.74, 6) is -0.0443. The van der Waals surface area contributed by atoms with Gasteiger partial charge in [-0.25, -0.2) is 13.8 Å². The van der Waals surface area contributed by atoms with Crippen LogP contribution in [0.2, 0.25) is 0 Å². The van der Waals surface area contributed by atoms with E-state index in [4.69, 9.17) is 15.3 Å². The smallest absolute Gasteiger partial charge is 0.265 e. The summed E-state index contributed by atoms with van der Waals surface area (Å²) in [5, 5.41) is 17.4. The zero-order chi connectivity index (χ0) is 12.1. The molecule has 82 valence electrons. The van der Waals surface area contributed by atoms with Crippen molar-refractivity contribution >= 4 is 0 Å². The van der Waals surface area contributed by atoms with E-state index in [1.807, 2.05) is 0 Å². The largest absolute Gasteiger partial charge is 0.480 e. The standard InChI is InChI=1S/C10H7F2N3O/c1-16-10-7(4-14)6(2-3-13)8(5-15-10)9(11)12/h5,9H,2H2,1H3. The Morgan fingerprint density at radius 2 is 2.19 bits per heavy atom. The molecule has 0 atom stereocenters. The molecule has 0 radical (unpaired) electrons. The van der Waals surface area contributed by atoms with Gasteiger partial charge in [0.05, 0.1) is 19.6 Å². The number of nitriles is 2. The molecular formula is C10H7F2N3O. The molecule has 4 nitrogen and oxygen atoms in total. The first-order chi connectivity index (χ1) is 7.65. The van der Waals surface area contributed by atoms with Gasteiger partial charge in [0, 0.05) is 11.8 Å². The number of aromatic nitrogens is 1. The number of methoxy groups -OCH3 is 1. The van der Waals surface area contributed by atoms with Crippen LogP contribution in [-0.4, -0.2) is 12.1 Å². The van der Waals surface area contributed by atoms with Crippen molar-refractivity contribution in [2.75, 3.05) is 7.11 Å². The molecule has 16 heavy (non-hydrogen) atoms. The van der Waals surface area contributed by atoms with Gasteiger partial charge in [-0.05, 0) is 5.56 Å². The molecule has 0 bridgehead atoms. The summed E-state index contributed by atoms with van der Waals surface area (Å²) in [7, 11) is 1.28. The van der Waals surface area contributed by atoms with Gasteiger partial charge in [0.2, 0.25) is 5.88 Å². The van der Waals surface area contributed by atoms with Crippen LogP contribution in [0, 0.1) is 22.7 Å². The second kappa shape index (κ2) is 5.04. The van der Waals surface area contributed by atoms with Crippen molar-refractivity contribution in [2.24, 2.45) is 0 Å². The Labute approximate surface area is 90.7 Å². The molecule has 6 heteroatoms. The molecule has 1 rings (SSSR count). The van der Waals surface area contributed by atoms with Crippen molar-refractivity contribution in [1.29, 1.82) is 10.5 Å². The van der Waals surface area contributed by atoms with Crippen molar-refractivity contribution in [3.05, 3.63) is 22.9 Å². The third-order valence-electron chi connectivity index (χ3n) is 1.98. The third-order valence-corrected chi connectivity index (χ3v) is 1.98. The SMILES string of the molecule is COc1ncc(C(F)F)c(CC#N)c1C#N. The number of pyridine rings is 1. The zero-order valence-corrected chi connectivity index (χ0v) is 8.37. The zero-order valence-electron chi connectivity index (χ0n) is 8.37. The molecule has 0 aliphatic rings. The van der Waals surface area contributed by atoms with E-state index in [2.05, 4.69) is 4.98 Å². The van der Waals surface area contributed by atoms with Crippen molar-refractivity contribution in [1.82, 2.24) is 4.98 Å². The van der Waals surface area contributed by atoms with E-state index >= 15 is 0 Å². The fourth-order valence-corrected chi connectivity index (χ4v) is 1.27. The van der Waals surface area contributed by atoms with Crippen molar-refractivity contribution < 1.29 is 13.5 Å². The normalized spacial score (nSPS) is 9.62. The summed E-state index contributed by atoms with van der Waals surface area (Å²) in [6.45, 7) is 0. The number of rotatable bonds is 3. The van der Waals surface area contributed by atoms with Gasteiger partial charge in [-0.2, -0.15) is 10.5 Å². The summed E-state index contributed by atoms with van der Waals surface area (Å²) in [6.07, 6.45) is -2.12. The minimum absolute atomic E-state index is 0.0214. The monoisotopic (exact) mass is 223 g/mol. The summed E-state index contributed by atoms with van der Waals surface area (Å²) in [5.41, 5.74) is -0.535. The maximum atomic E-state index is 12.6. The van der Waals surface area contributed by atoms with Gasteiger partial charge in [-0.3, -0.25) is 0 Å². The van der Waals surface area contributed by atoms with E-state index in [-0.39, 0.29) is 23.4 Å². The highest BCUT2D eigenvalue weighted by Gasteiger charge is 2.20. The molecule has 0 aliphatic carbocycles. The van der Waals surface area contributed by atoms with E-state index in [0.717, 1.165) is 6.20 Å².